The third-order valence-electron chi connectivity index (χ3n) is 2.53. The molecule has 1 aromatic carbocycles. The summed E-state index contributed by atoms with van der Waals surface area (Å²) in [5, 5.41) is 7.36. The minimum atomic E-state index is 0.645. The maximum atomic E-state index is 6.05. The van der Waals surface area contributed by atoms with Crippen LogP contribution in [0.1, 0.15) is 13.3 Å². The van der Waals surface area contributed by atoms with Gasteiger partial charge >= 0.3 is 0 Å². The third-order valence-corrected chi connectivity index (χ3v) is 2.85. The summed E-state index contributed by atoms with van der Waals surface area (Å²) < 4.78 is 0. The Hall–Kier alpha value is -0.730. The molecule has 0 fully saturated rings. The molecular weight excluding hydrogens is 208 g/mol. The highest BCUT2D eigenvalue weighted by Gasteiger charge is 2.05. The first kappa shape index (κ1) is 12.3. The number of rotatable bonds is 6. The van der Waals surface area contributed by atoms with Crippen LogP contribution < -0.4 is 10.6 Å². The van der Waals surface area contributed by atoms with Gasteiger partial charge in [-0.25, -0.2) is 0 Å². The topological polar surface area (TPSA) is 24.1 Å². The van der Waals surface area contributed by atoms with Gasteiger partial charge in [0, 0.05) is 6.54 Å². The Morgan fingerprint density at radius 1 is 1.27 bits per heavy atom. The average Bonchev–Trinajstić information content (AvgIpc) is 2.26. The number of halogens is 1. The van der Waals surface area contributed by atoms with E-state index in [0.717, 1.165) is 30.2 Å². The van der Waals surface area contributed by atoms with Crippen LogP contribution in [-0.4, -0.2) is 20.1 Å². The molecule has 0 aliphatic rings. The molecule has 1 atom stereocenters. The molecule has 1 rings (SSSR count). The second-order valence-corrected chi connectivity index (χ2v) is 4.10. The van der Waals surface area contributed by atoms with Gasteiger partial charge in [0.25, 0.3) is 0 Å². The molecule has 0 aliphatic heterocycles. The first-order valence-electron chi connectivity index (χ1n) is 5.41. The third kappa shape index (κ3) is 4.10. The van der Waals surface area contributed by atoms with Crippen molar-refractivity contribution in [3.63, 3.8) is 0 Å². The second kappa shape index (κ2) is 6.70. The number of hydrogen-bond acceptors (Lipinski definition) is 2. The highest BCUT2D eigenvalue weighted by Crippen LogP contribution is 2.20. The van der Waals surface area contributed by atoms with E-state index in [-0.39, 0.29) is 0 Å². The summed E-state index contributed by atoms with van der Waals surface area (Å²) in [5.74, 6) is 0.645. The van der Waals surface area contributed by atoms with Crippen molar-refractivity contribution in [2.45, 2.75) is 13.3 Å². The van der Waals surface area contributed by atoms with Gasteiger partial charge in [-0.3, -0.25) is 0 Å². The van der Waals surface area contributed by atoms with E-state index in [4.69, 9.17) is 11.6 Å². The van der Waals surface area contributed by atoms with Gasteiger partial charge in [-0.05, 0) is 31.6 Å². The lowest BCUT2D eigenvalue weighted by Crippen LogP contribution is -2.24. The highest BCUT2D eigenvalue weighted by molar-refractivity contribution is 6.33. The molecule has 0 saturated carbocycles. The number of para-hydroxylation sites is 1. The van der Waals surface area contributed by atoms with Gasteiger partial charge in [-0.1, -0.05) is 37.1 Å². The Balaban J connectivity index is 2.45. The maximum absolute atomic E-state index is 6.05. The Morgan fingerprint density at radius 3 is 2.60 bits per heavy atom. The fourth-order valence-electron chi connectivity index (χ4n) is 1.51. The van der Waals surface area contributed by atoms with Crippen molar-refractivity contribution in [1.82, 2.24) is 5.32 Å². The van der Waals surface area contributed by atoms with Crippen LogP contribution in [0.25, 0.3) is 0 Å². The van der Waals surface area contributed by atoms with Gasteiger partial charge in [0.05, 0.1) is 10.7 Å². The smallest absolute Gasteiger partial charge is 0.0637 e. The molecule has 15 heavy (non-hydrogen) atoms. The minimum Gasteiger partial charge on any atom is -0.384 e. The maximum Gasteiger partial charge on any atom is 0.0637 e. The van der Waals surface area contributed by atoms with Gasteiger partial charge in [-0.15, -0.1) is 0 Å². The summed E-state index contributed by atoms with van der Waals surface area (Å²) in [6.45, 7) is 4.20. The van der Waals surface area contributed by atoms with Crippen LogP contribution in [0.15, 0.2) is 24.3 Å². The van der Waals surface area contributed by atoms with E-state index in [1.807, 2.05) is 31.3 Å². The lowest BCUT2D eigenvalue weighted by atomic mass is 10.1. The van der Waals surface area contributed by atoms with Crippen LogP contribution in [0.3, 0.4) is 0 Å². The largest absolute Gasteiger partial charge is 0.384 e. The summed E-state index contributed by atoms with van der Waals surface area (Å²) >= 11 is 6.05. The van der Waals surface area contributed by atoms with Crippen molar-refractivity contribution in [2.75, 3.05) is 25.5 Å². The molecule has 1 unspecified atom stereocenters. The Bertz CT molecular complexity index is 289. The quantitative estimate of drug-likeness (QED) is 0.780. The van der Waals surface area contributed by atoms with Crippen molar-refractivity contribution >= 4 is 17.3 Å². The first-order valence-corrected chi connectivity index (χ1v) is 5.78. The van der Waals surface area contributed by atoms with Gasteiger partial charge in [-0.2, -0.15) is 0 Å². The Kier molecular flexibility index (Phi) is 5.51. The molecule has 0 aliphatic carbocycles. The predicted molar refractivity (Wildman–Crippen MR) is 67.6 cm³/mol. The standard InChI is InChI=1S/C12H19ClN2/c1-3-10(8-14-2)9-15-12-7-5-4-6-11(12)13/h4-7,10,14-15H,3,8-9H2,1-2H3. The van der Waals surface area contributed by atoms with Crippen LogP contribution in [-0.2, 0) is 0 Å². The van der Waals surface area contributed by atoms with Crippen LogP contribution in [0.5, 0.6) is 0 Å². The zero-order chi connectivity index (χ0) is 11.1. The molecule has 2 nitrogen and oxygen atoms in total. The predicted octanol–water partition coefficient (Wildman–Crippen LogP) is 3.00. The molecule has 0 amide bonds. The summed E-state index contributed by atoms with van der Waals surface area (Å²) in [4.78, 5) is 0. The van der Waals surface area contributed by atoms with E-state index < -0.39 is 0 Å². The van der Waals surface area contributed by atoms with Crippen molar-refractivity contribution in [3.8, 4) is 0 Å². The molecular formula is C12H19ClN2. The SMILES string of the molecule is CCC(CNC)CNc1ccccc1Cl. The van der Waals surface area contributed by atoms with Crippen LogP contribution in [0.2, 0.25) is 5.02 Å². The van der Waals surface area contributed by atoms with E-state index in [1.54, 1.807) is 0 Å². The lowest BCUT2D eigenvalue weighted by molar-refractivity contribution is 0.507. The van der Waals surface area contributed by atoms with Crippen LogP contribution >= 0.6 is 11.6 Å². The van der Waals surface area contributed by atoms with Crippen molar-refractivity contribution in [3.05, 3.63) is 29.3 Å². The minimum absolute atomic E-state index is 0.645. The molecule has 0 aromatic heterocycles. The zero-order valence-electron chi connectivity index (χ0n) is 9.39. The molecule has 0 spiro atoms. The summed E-state index contributed by atoms with van der Waals surface area (Å²) in [6, 6.07) is 7.85. The van der Waals surface area contributed by atoms with Gasteiger partial charge < -0.3 is 10.6 Å². The van der Waals surface area contributed by atoms with Crippen LogP contribution in [0.4, 0.5) is 5.69 Å². The van der Waals surface area contributed by atoms with Gasteiger partial charge in [0.2, 0.25) is 0 Å². The molecule has 0 bridgehead atoms. The summed E-state index contributed by atoms with van der Waals surface area (Å²) in [6.07, 6.45) is 1.16. The van der Waals surface area contributed by atoms with Crippen molar-refractivity contribution in [1.29, 1.82) is 0 Å². The molecule has 0 saturated heterocycles. The number of nitrogens with one attached hydrogen (secondary N) is 2. The molecule has 1 aromatic rings. The summed E-state index contributed by atoms with van der Waals surface area (Å²) in [5.41, 5.74) is 1.02. The van der Waals surface area contributed by atoms with Crippen molar-refractivity contribution < 1.29 is 0 Å². The van der Waals surface area contributed by atoms with E-state index in [1.165, 1.54) is 0 Å². The van der Waals surface area contributed by atoms with E-state index >= 15 is 0 Å². The fourth-order valence-corrected chi connectivity index (χ4v) is 1.71. The Labute approximate surface area is 97.0 Å². The molecule has 0 heterocycles. The second-order valence-electron chi connectivity index (χ2n) is 3.69. The zero-order valence-corrected chi connectivity index (χ0v) is 10.1. The first-order chi connectivity index (χ1) is 7.27. The number of benzene rings is 1. The average molecular weight is 227 g/mol. The van der Waals surface area contributed by atoms with E-state index in [2.05, 4.69) is 17.6 Å². The molecule has 2 N–H and O–H groups in total. The molecule has 84 valence electrons. The number of anilines is 1. The van der Waals surface area contributed by atoms with Crippen LogP contribution in [0, 0.1) is 5.92 Å². The number of hydrogen-bond donors (Lipinski definition) is 2. The van der Waals surface area contributed by atoms with E-state index in [0.29, 0.717) is 5.92 Å². The van der Waals surface area contributed by atoms with Gasteiger partial charge in [0.1, 0.15) is 0 Å². The molecule has 0 radical (unpaired) electrons. The normalized spacial score (nSPS) is 12.5. The summed E-state index contributed by atoms with van der Waals surface area (Å²) in [7, 11) is 1.98. The van der Waals surface area contributed by atoms with E-state index in [9.17, 15) is 0 Å². The molecule has 3 heteroatoms. The monoisotopic (exact) mass is 226 g/mol. The fraction of sp³-hybridized carbons (Fsp3) is 0.500. The Morgan fingerprint density at radius 2 is 2.00 bits per heavy atom. The van der Waals surface area contributed by atoms with Gasteiger partial charge in [0.15, 0.2) is 0 Å². The lowest BCUT2D eigenvalue weighted by Gasteiger charge is -2.16. The highest BCUT2D eigenvalue weighted by atomic mass is 35.5. The van der Waals surface area contributed by atoms with Crippen molar-refractivity contribution in [2.24, 2.45) is 5.92 Å².